The molecule has 0 aliphatic carbocycles. The van der Waals surface area contributed by atoms with E-state index in [0.717, 1.165) is 35.0 Å². The van der Waals surface area contributed by atoms with Crippen molar-refractivity contribution in [3.05, 3.63) is 90.6 Å². The molecule has 0 spiro atoms. The summed E-state index contributed by atoms with van der Waals surface area (Å²) in [6, 6.07) is 17.5. The Labute approximate surface area is 174 Å². The van der Waals surface area contributed by atoms with Gasteiger partial charge in [0.15, 0.2) is 0 Å². The number of para-hydroxylation sites is 1. The standard InChI is InChI=1S/C24H22N4O2/c29-23-21(19-15-26-20-10-5-4-9-18(19)20)22(17-7-2-1-3-8-17)28(24(23)30)13-6-12-27-14-11-25-16-27/h1-5,7-11,14-16,21-22,26H,6,12-13H2. The van der Waals surface area contributed by atoms with E-state index >= 15 is 0 Å². The molecule has 0 saturated carbocycles. The number of carbonyl (C=O) groups is 2. The number of imidazole rings is 1. The molecular weight excluding hydrogens is 376 g/mol. The molecule has 30 heavy (non-hydrogen) atoms. The van der Waals surface area contributed by atoms with Gasteiger partial charge in [-0.2, -0.15) is 0 Å². The van der Waals surface area contributed by atoms with Crippen molar-refractivity contribution in [1.82, 2.24) is 19.4 Å². The van der Waals surface area contributed by atoms with Crippen LogP contribution in [0.1, 0.15) is 29.5 Å². The fourth-order valence-electron chi connectivity index (χ4n) is 4.49. The highest BCUT2D eigenvalue weighted by atomic mass is 16.2. The predicted molar refractivity (Wildman–Crippen MR) is 114 cm³/mol. The van der Waals surface area contributed by atoms with Crippen molar-refractivity contribution in [3.63, 3.8) is 0 Å². The van der Waals surface area contributed by atoms with E-state index < -0.39 is 11.8 Å². The molecule has 6 nitrogen and oxygen atoms in total. The van der Waals surface area contributed by atoms with Crippen LogP contribution in [0.15, 0.2) is 79.5 Å². The Hall–Kier alpha value is -3.67. The Morgan fingerprint density at radius 3 is 2.57 bits per heavy atom. The van der Waals surface area contributed by atoms with E-state index in [2.05, 4.69) is 9.97 Å². The number of H-pyrrole nitrogens is 1. The zero-order valence-electron chi connectivity index (χ0n) is 16.4. The molecule has 2 aromatic heterocycles. The Kier molecular flexibility index (Phi) is 4.67. The normalized spacial score (nSPS) is 19.1. The van der Waals surface area contributed by atoms with Crippen molar-refractivity contribution in [2.75, 3.05) is 6.54 Å². The molecule has 5 rings (SSSR count). The number of Topliss-reactive ketones (excluding diaryl/α,β-unsaturated/α-hetero) is 1. The first-order chi connectivity index (χ1) is 14.7. The van der Waals surface area contributed by atoms with Gasteiger partial charge in [0.25, 0.3) is 5.91 Å². The maximum absolute atomic E-state index is 13.2. The van der Waals surface area contributed by atoms with Crippen LogP contribution in [0.2, 0.25) is 0 Å². The van der Waals surface area contributed by atoms with Gasteiger partial charge in [0.05, 0.1) is 18.3 Å². The minimum atomic E-state index is -0.524. The molecular formula is C24H22N4O2. The second-order valence-corrected chi connectivity index (χ2v) is 7.64. The summed E-state index contributed by atoms with van der Waals surface area (Å²) in [5.74, 6) is -1.26. The summed E-state index contributed by atoms with van der Waals surface area (Å²) in [7, 11) is 0. The van der Waals surface area contributed by atoms with Crippen molar-refractivity contribution >= 4 is 22.6 Å². The molecule has 4 aromatic rings. The monoisotopic (exact) mass is 398 g/mol. The quantitative estimate of drug-likeness (QED) is 0.504. The summed E-state index contributed by atoms with van der Waals surface area (Å²) in [5, 5.41) is 0.991. The topological polar surface area (TPSA) is 71.0 Å². The predicted octanol–water partition coefficient (Wildman–Crippen LogP) is 3.69. The lowest BCUT2D eigenvalue weighted by atomic mass is 9.86. The second kappa shape index (κ2) is 7.63. The Morgan fingerprint density at radius 1 is 0.967 bits per heavy atom. The lowest BCUT2D eigenvalue weighted by Gasteiger charge is -2.27. The maximum Gasteiger partial charge on any atom is 0.291 e. The Bertz CT molecular complexity index is 1180. The molecule has 1 fully saturated rings. The number of benzene rings is 2. The van der Waals surface area contributed by atoms with E-state index in [4.69, 9.17) is 0 Å². The number of aromatic amines is 1. The fourth-order valence-corrected chi connectivity index (χ4v) is 4.49. The molecule has 1 N–H and O–H groups in total. The number of hydrogen-bond acceptors (Lipinski definition) is 3. The van der Waals surface area contributed by atoms with Gasteiger partial charge in [0.2, 0.25) is 5.78 Å². The molecule has 1 saturated heterocycles. The van der Waals surface area contributed by atoms with Gasteiger partial charge < -0.3 is 14.5 Å². The number of amides is 1. The third-order valence-electron chi connectivity index (χ3n) is 5.88. The average Bonchev–Trinajstić information content (AvgIpc) is 3.50. The first-order valence-electron chi connectivity index (χ1n) is 10.2. The molecule has 0 radical (unpaired) electrons. The number of ketones is 1. The van der Waals surface area contributed by atoms with Crippen LogP contribution >= 0.6 is 0 Å². The SMILES string of the molecule is O=C1C(=O)N(CCCn2ccnc2)C(c2ccccc2)C1c1c[nH]c2ccccc12. The molecule has 6 heteroatoms. The fraction of sp³-hybridized carbons (Fsp3) is 0.208. The van der Waals surface area contributed by atoms with Crippen LogP contribution in [-0.2, 0) is 16.1 Å². The number of likely N-dealkylation sites (tertiary alicyclic amines) is 1. The number of hydrogen-bond donors (Lipinski definition) is 1. The largest absolute Gasteiger partial charge is 0.361 e. The summed E-state index contributed by atoms with van der Waals surface area (Å²) >= 11 is 0. The molecule has 2 aromatic carbocycles. The molecule has 2 unspecified atom stereocenters. The van der Waals surface area contributed by atoms with E-state index in [1.807, 2.05) is 71.6 Å². The number of rotatable bonds is 6. The van der Waals surface area contributed by atoms with Crippen molar-refractivity contribution in [1.29, 1.82) is 0 Å². The van der Waals surface area contributed by atoms with Crippen molar-refractivity contribution < 1.29 is 9.59 Å². The Morgan fingerprint density at radius 2 is 1.77 bits per heavy atom. The van der Waals surface area contributed by atoms with Crippen molar-refractivity contribution in [2.45, 2.75) is 24.9 Å². The van der Waals surface area contributed by atoms with Crippen LogP contribution in [0.5, 0.6) is 0 Å². The second-order valence-electron chi connectivity index (χ2n) is 7.64. The van der Waals surface area contributed by atoms with Crippen LogP contribution in [0.3, 0.4) is 0 Å². The number of nitrogens with zero attached hydrogens (tertiary/aromatic N) is 3. The van der Waals surface area contributed by atoms with Gasteiger partial charge in [-0.25, -0.2) is 4.98 Å². The minimum Gasteiger partial charge on any atom is -0.361 e. The highest BCUT2D eigenvalue weighted by molar-refractivity contribution is 6.40. The van der Waals surface area contributed by atoms with Gasteiger partial charge in [-0.3, -0.25) is 9.59 Å². The number of fused-ring (bicyclic) bond motifs is 1. The Balaban J connectivity index is 1.52. The first kappa shape index (κ1) is 18.4. The molecule has 1 aliphatic rings. The van der Waals surface area contributed by atoms with Crippen LogP contribution < -0.4 is 0 Å². The van der Waals surface area contributed by atoms with E-state index in [-0.39, 0.29) is 11.8 Å². The first-order valence-corrected chi connectivity index (χ1v) is 10.2. The number of carbonyl (C=O) groups excluding carboxylic acids is 2. The van der Waals surface area contributed by atoms with Gasteiger partial charge in [-0.1, -0.05) is 48.5 Å². The smallest absolute Gasteiger partial charge is 0.291 e. The summed E-state index contributed by atoms with van der Waals surface area (Å²) in [6.07, 6.45) is 8.04. The van der Waals surface area contributed by atoms with Crippen LogP contribution in [0, 0.1) is 0 Å². The zero-order chi connectivity index (χ0) is 20.5. The highest BCUT2D eigenvalue weighted by Gasteiger charge is 2.49. The molecule has 150 valence electrons. The molecule has 2 atom stereocenters. The molecule has 0 bridgehead atoms. The number of aryl methyl sites for hydroxylation is 1. The highest BCUT2D eigenvalue weighted by Crippen LogP contribution is 2.44. The van der Waals surface area contributed by atoms with E-state index in [9.17, 15) is 9.59 Å². The molecule has 1 aliphatic heterocycles. The maximum atomic E-state index is 13.2. The van der Waals surface area contributed by atoms with Gasteiger partial charge in [-0.05, 0) is 23.6 Å². The third kappa shape index (κ3) is 3.10. The van der Waals surface area contributed by atoms with Gasteiger partial charge in [-0.15, -0.1) is 0 Å². The van der Waals surface area contributed by atoms with Crippen molar-refractivity contribution in [2.24, 2.45) is 0 Å². The van der Waals surface area contributed by atoms with Crippen LogP contribution in [0.25, 0.3) is 10.9 Å². The zero-order valence-corrected chi connectivity index (χ0v) is 16.4. The number of nitrogens with one attached hydrogen (secondary N) is 1. The number of aromatic nitrogens is 3. The van der Waals surface area contributed by atoms with Gasteiger partial charge in [0, 0.05) is 42.6 Å². The minimum absolute atomic E-state index is 0.312. The lowest BCUT2D eigenvalue weighted by molar-refractivity contribution is -0.140. The van der Waals surface area contributed by atoms with E-state index in [1.54, 1.807) is 17.4 Å². The third-order valence-corrected chi connectivity index (χ3v) is 5.88. The molecule has 1 amide bonds. The lowest BCUT2D eigenvalue weighted by Crippen LogP contribution is -2.31. The molecule has 3 heterocycles. The van der Waals surface area contributed by atoms with Gasteiger partial charge in [0.1, 0.15) is 0 Å². The van der Waals surface area contributed by atoms with Crippen LogP contribution in [0.4, 0.5) is 0 Å². The summed E-state index contributed by atoms with van der Waals surface area (Å²) in [4.78, 5) is 35.4. The van der Waals surface area contributed by atoms with Gasteiger partial charge >= 0.3 is 0 Å². The summed E-state index contributed by atoms with van der Waals surface area (Å²) in [5.41, 5.74) is 2.84. The summed E-state index contributed by atoms with van der Waals surface area (Å²) in [6.45, 7) is 1.26. The van der Waals surface area contributed by atoms with Crippen LogP contribution in [-0.4, -0.2) is 37.7 Å². The van der Waals surface area contributed by atoms with E-state index in [0.29, 0.717) is 6.54 Å². The van der Waals surface area contributed by atoms with E-state index in [1.165, 1.54) is 0 Å². The average molecular weight is 398 g/mol. The summed E-state index contributed by atoms with van der Waals surface area (Å²) < 4.78 is 1.98. The van der Waals surface area contributed by atoms with Crippen molar-refractivity contribution in [3.8, 4) is 0 Å².